The first-order valence-corrected chi connectivity index (χ1v) is 7.56. The number of hydrogen-bond acceptors (Lipinski definition) is 4. The second-order valence-electron chi connectivity index (χ2n) is 6.70. The van der Waals surface area contributed by atoms with Crippen LogP contribution in [-0.4, -0.2) is 33.8 Å². The van der Waals surface area contributed by atoms with Gasteiger partial charge in [-0.15, -0.1) is 0 Å². The topological polar surface area (TPSA) is 68.2 Å². The number of carbonyl (C=O) groups is 1. The lowest BCUT2D eigenvalue weighted by molar-refractivity contribution is 0.0508. The van der Waals surface area contributed by atoms with Crippen LogP contribution in [0.2, 0.25) is 0 Å². The molecule has 1 aromatic rings. The van der Waals surface area contributed by atoms with E-state index in [2.05, 4.69) is 20.2 Å². The molecule has 1 aliphatic carbocycles. The van der Waals surface area contributed by atoms with Gasteiger partial charge in [-0.1, -0.05) is 0 Å². The van der Waals surface area contributed by atoms with E-state index in [-0.39, 0.29) is 12.1 Å². The van der Waals surface area contributed by atoms with Gasteiger partial charge in [0.2, 0.25) is 0 Å². The van der Waals surface area contributed by atoms with Crippen LogP contribution in [0.25, 0.3) is 0 Å². The summed E-state index contributed by atoms with van der Waals surface area (Å²) >= 11 is 0. The van der Waals surface area contributed by atoms with E-state index in [4.69, 9.17) is 4.74 Å². The summed E-state index contributed by atoms with van der Waals surface area (Å²) in [6.45, 7) is 8.97. The third kappa shape index (κ3) is 5.38. The number of imidazole rings is 1. The first-order valence-electron chi connectivity index (χ1n) is 7.56. The van der Waals surface area contributed by atoms with Gasteiger partial charge in [0, 0.05) is 31.4 Å². The van der Waals surface area contributed by atoms with Crippen molar-refractivity contribution in [2.75, 3.05) is 6.54 Å². The van der Waals surface area contributed by atoms with Crippen molar-refractivity contribution in [3.63, 3.8) is 0 Å². The van der Waals surface area contributed by atoms with Crippen LogP contribution in [0.5, 0.6) is 0 Å². The number of amides is 1. The second kappa shape index (κ2) is 6.47. The van der Waals surface area contributed by atoms with Gasteiger partial charge in [-0.05, 0) is 40.5 Å². The summed E-state index contributed by atoms with van der Waals surface area (Å²) in [5.41, 5.74) is 0.732. The molecule has 1 heterocycles. The molecule has 1 fully saturated rings. The summed E-state index contributed by atoms with van der Waals surface area (Å²) in [5, 5.41) is 6.17. The van der Waals surface area contributed by atoms with Crippen molar-refractivity contribution in [1.82, 2.24) is 20.2 Å². The Morgan fingerprint density at radius 1 is 1.52 bits per heavy atom. The molecule has 1 atom stereocenters. The molecule has 0 radical (unpaired) electrons. The molecule has 0 saturated heterocycles. The molecular formula is C15H26N4O2. The summed E-state index contributed by atoms with van der Waals surface area (Å²) in [6, 6.07) is 0.652. The molecule has 21 heavy (non-hydrogen) atoms. The van der Waals surface area contributed by atoms with Crippen LogP contribution in [0.3, 0.4) is 0 Å². The van der Waals surface area contributed by atoms with Gasteiger partial charge in [0.05, 0.1) is 12.0 Å². The molecule has 2 rings (SSSR count). The Morgan fingerprint density at radius 3 is 2.86 bits per heavy atom. The molecule has 1 amide bonds. The summed E-state index contributed by atoms with van der Waals surface area (Å²) in [5.74, 6) is 0. The zero-order chi connectivity index (χ0) is 15.5. The van der Waals surface area contributed by atoms with E-state index < -0.39 is 5.60 Å². The minimum Gasteiger partial charge on any atom is -0.444 e. The highest BCUT2D eigenvalue weighted by molar-refractivity contribution is 5.68. The van der Waals surface area contributed by atoms with Crippen LogP contribution in [0, 0.1) is 0 Å². The molecule has 0 aromatic carbocycles. The molecule has 6 nitrogen and oxygen atoms in total. The van der Waals surface area contributed by atoms with Gasteiger partial charge >= 0.3 is 6.09 Å². The van der Waals surface area contributed by atoms with Gasteiger partial charge in [0.15, 0.2) is 0 Å². The molecule has 2 N–H and O–H groups in total. The lowest BCUT2D eigenvalue weighted by Crippen LogP contribution is -2.42. The first kappa shape index (κ1) is 15.8. The molecule has 1 unspecified atom stereocenters. The van der Waals surface area contributed by atoms with Crippen molar-refractivity contribution in [1.29, 1.82) is 0 Å². The van der Waals surface area contributed by atoms with Crippen molar-refractivity contribution >= 4 is 6.09 Å². The fraction of sp³-hybridized carbons (Fsp3) is 0.733. The number of hydrogen-bond donors (Lipinski definition) is 2. The monoisotopic (exact) mass is 294 g/mol. The van der Waals surface area contributed by atoms with E-state index in [1.54, 1.807) is 0 Å². The quantitative estimate of drug-likeness (QED) is 0.844. The number of aromatic nitrogens is 2. The second-order valence-corrected chi connectivity index (χ2v) is 6.70. The average molecular weight is 294 g/mol. The van der Waals surface area contributed by atoms with E-state index in [1.807, 2.05) is 40.2 Å². The Morgan fingerprint density at radius 2 is 2.24 bits per heavy atom. The molecule has 0 bridgehead atoms. The van der Waals surface area contributed by atoms with Crippen LogP contribution >= 0.6 is 0 Å². The highest BCUT2D eigenvalue weighted by atomic mass is 16.6. The summed E-state index contributed by atoms with van der Waals surface area (Å²) in [7, 11) is 0. The molecule has 6 heteroatoms. The number of rotatable bonds is 6. The molecule has 1 saturated carbocycles. The lowest BCUT2D eigenvalue weighted by Gasteiger charge is -2.22. The number of nitrogens with one attached hydrogen (secondary N) is 2. The van der Waals surface area contributed by atoms with Crippen LogP contribution in [-0.2, 0) is 11.3 Å². The number of ether oxygens (including phenoxy) is 1. The summed E-state index contributed by atoms with van der Waals surface area (Å²) in [6.07, 6.45) is 5.92. The Labute approximate surface area is 126 Å². The van der Waals surface area contributed by atoms with Crippen LogP contribution in [0.1, 0.15) is 52.3 Å². The minimum atomic E-state index is -0.464. The Hall–Kier alpha value is -1.56. The van der Waals surface area contributed by atoms with Crippen molar-refractivity contribution in [3.05, 3.63) is 18.2 Å². The molecule has 1 aliphatic rings. The molecule has 1 aromatic heterocycles. The Bertz CT molecular complexity index is 474. The summed E-state index contributed by atoms with van der Waals surface area (Å²) < 4.78 is 7.46. The Kier molecular flexibility index (Phi) is 4.88. The fourth-order valence-electron chi connectivity index (χ4n) is 2.13. The SMILES string of the molecule is CC(CNCc1cncn1C1CC1)NC(=O)OC(C)(C)C. The van der Waals surface area contributed by atoms with Crippen molar-refractivity contribution < 1.29 is 9.53 Å². The third-order valence-corrected chi connectivity index (χ3v) is 3.21. The maximum atomic E-state index is 11.6. The number of carbonyl (C=O) groups excluding carboxylic acids is 1. The molecule has 118 valence electrons. The predicted octanol–water partition coefficient (Wildman–Crippen LogP) is 2.22. The van der Waals surface area contributed by atoms with Gasteiger partial charge in [-0.2, -0.15) is 0 Å². The summed E-state index contributed by atoms with van der Waals surface area (Å²) in [4.78, 5) is 15.8. The van der Waals surface area contributed by atoms with E-state index in [0.717, 1.165) is 6.54 Å². The van der Waals surface area contributed by atoms with Gasteiger partial charge < -0.3 is 19.9 Å². The fourth-order valence-corrected chi connectivity index (χ4v) is 2.13. The van der Waals surface area contributed by atoms with E-state index in [1.165, 1.54) is 18.5 Å². The van der Waals surface area contributed by atoms with Crippen molar-refractivity contribution in [2.45, 2.75) is 64.8 Å². The lowest BCUT2D eigenvalue weighted by atomic mass is 10.2. The maximum absolute atomic E-state index is 11.6. The predicted molar refractivity (Wildman–Crippen MR) is 81.0 cm³/mol. The van der Waals surface area contributed by atoms with Crippen molar-refractivity contribution in [2.24, 2.45) is 0 Å². The largest absolute Gasteiger partial charge is 0.444 e. The van der Waals surface area contributed by atoms with Gasteiger partial charge in [0.25, 0.3) is 0 Å². The van der Waals surface area contributed by atoms with Gasteiger partial charge in [-0.25, -0.2) is 9.78 Å². The number of alkyl carbamates (subject to hydrolysis) is 1. The standard InChI is InChI=1S/C15H26N4O2/c1-11(18-14(20)21-15(2,3)4)7-16-8-13-9-17-10-19(13)12-5-6-12/h9-12,16H,5-8H2,1-4H3,(H,18,20). The first-order chi connectivity index (χ1) is 9.85. The van der Waals surface area contributed by atoms with Gasteiger partial charge in [-0.3, -0.25) is 0 Å². The normalized spacial score (nSPS) is 16.6. The maximum Gasteiger partial charge on any atom is 0.407 e. The van der Waals surface area contributed by atoms with Gasteiger partial charge in [0.1, 0.15) is 5.60 Å². The average Bonchev–Trinajstić information content (AvgIpc) is 3.07. The third-order valence-electron chi connectivity index (χ3n) is 3.21. The Balaban J connectivity index is 1.68. The smallest absolute Gasteiger partial charge is 0.407 e. The van der Waals surface area contributed by atoms with Crippen LogP contribution in [0.4, 0.5) is 4.79 Å². The van der Waals surface area contributed by atoms with Crippen LogP contribution in [0.15, 0.2) is 12.5 Å². The number of nitrogens with zero attached hydrogens (tertiary/aromatic N) is 2. The molecule has 0 spiro atoms. The van der Waals surface area contributed by atoms with E-state index in [9.17, 15) is 4.79 Å². The highest BCUT2D eigenvalue weighted by Gasteiger charge is 2.25. The van der Waals surface area contributed by atoms with Crippen LogP contribution < -0.4 is 10.6 Å². The van der Waals surface area contributed by atoms with Crippen molar-refractivity contribution in [3.8, 4) is 0 Å². The van der Waals surface area contributed by atoms with E-state index >= 15 is 0 Å². The zero-order valence-electron chi connectivity index (χ0n) is 13.3. The highest BCUT2D eigenvalue weighted by Crippen LogP contribution is 2.35. The zero-order valence-corrected chi connectivity index (χ0v) is 13.3. The molecule has 0 aliphatic heterocycles. The minimum absolute atomic E-state index is 0.0112. The molecular weight excluding hydrogens is 268 g/mol. The van der Waals surface area contributed by atoms with E-state index in [0.29, 0.717) is 12.6 Å².